The van der Waals surface area contributed by atoms with E-state index in [0.29, 0.717) is 5.56 Å². The number of esters is 1. The summed E-state index contributed by atoms with van der Waals surface area (Å²) in [6.07, 6.45) is -0.0635. The van der Waals surface area contributed by atoms with Crippen LogP contribution < -0.4 is 0 Å². The van der Waals surface area contributed by atoms with Crippen LogP contribution in [0.2, 0.25) is 0 Å². The van der Waals surface area contributed by atoms with Gasteiger partial charge in [-0.1, -0.05) is 23.7 Å². The molecule has 2 rings (SSSR count). The fraction of sp³-hybridized carbons (Fsp3) is 0.353. The zero-order valence-electron chi connectivity index (χ0n) is 12.8. The zero-order chi connectivity index (χ0) is 17.1. The molecule has 4 nitrogen and oxygen atoms in total. The average molecular weight is 339 g/mol. The number of benzene rings is 1. The molecule has 1 aliphatic rings. The van der Waals surface area contributed by atoms with Crippen molar-refractivity contribution in [1.29, 1.82) is 0 Å². The summed E-state index contributed by atoms with van der Waals surface area (Å²) in [7, 11) is 0. The predicted molar refractivity (Wildman–Crippen MR) is 82.7 cm³/mol. The molecule has 0 amide bonds. The van der Waals surface area contributed by atoms with Gasteiger partial charge in [0.15, 0.2) is 11.6 Å². The largest absolute Gasteiger partial charge is 0.466 e. The summed E-state index contributed by atoms with van der Waals surface area (Å²) >= 11 is 6.07. The monoisotopic (exact) mass is 338 g/mol. The molecule has 23 heavy (non-hydrogen) atoms. The van der Waals surface area contributed by atoms with E-state index in [1.807, 2.05) is 0 Å². The molecule has 0 radical (unpaired) electrons. The molecule has 0 spiro atoms. The number of rotatable bonds is 4. The van der Waals surface area contributed by atoms with Gasteiger partial charge in [0.25, 0.3) is 0 Å². The third kappa shape index (κ3) is 3.67. The lowest BCUT2D eigenvalue weighted by molar-refractivity contribution is -0.149. The topological polar surface area (TPSA) is 60.4 Å². The summed E-state index contributed by atoms with van der Waals surface area (Å²) in [5.74, 6) is -2.86. The number of Topliss-reactive ketones (excluding diaryl/α,β-unsaturated/α-hetero) is 2. The highest BCUT2D eigenvalue weighted by molar-refractivity contribution is 6.39. The normalized spacial score (nSPS) is 18.1. The van der Waals surface area contributed by atoms with E-state index in [1.54, 1.807) is 13.8 Å². The molecule has 0 saturated carbocycles. The van der Waals surface area contributed by atoms with E-state index >= 15 is 0 Å². The lowest BCUT2D eigenvalue weighted by Crippen LogP contribution is -2.29. The van der Waals surface area contributed by atoms with Crippen molar-refractivity contribution in [2.24, 2.45) is 5.92 Å². The maximum Gasteiger partial charge on any atom is 0.309 e. The molecule has 0 aliphatic heterocycles. The van der Waals surface area contributed by atoms with E-state index in [0.717, 1.165) is 6.07 Å². The smallest absolute Gasteiger partial charge is 0.309 e. The SMILES string of the molecule is CCOC(=O)C1CC(=O)C(C(=O)c2ccc(C)c(F)c2)=C(Cl)C1. The molecule has 0 heterocycles. The summed E-state index contributed by atoms with van der Waals surface area (Å²) in [6.45, 7) is 3.45. The van der Waals surface area contributed by atoms with Gasteiger partial charge in [0.1, 0.15) is 5.82 Å². The van der Waals surface area contributed by atoms with Gasteiger partial charge in [-0.2, -0.15) is 0 Å². The van der Waals surface area contributed by atoms with Crippen LogP contribution in [0.3, 0.4) is 0 Å². The number of allylic oxidation sites excluding steroid dienone is 2. The first-order valence-electron chi connectivity index (χ1n) is 7.24. The molecule has 0 fully saturated rings. The quantitative estimate of drug-likeness (QED) is 0.480. The summed E-state index contributed by atoms with van der Waals surface area (Å²) in [5.41, 5.74) is 0.290. The van der Waals surface area contributed by atoms with E-state index in [2.05, 4.69) is 0 Å². The number of carbonyl (C=O) groups excluding carboxylic acids is 3. The van der Waals surface area contributed by atoms with E-state index in [-0.39, 0.29) is 35.6 Å². The van der Waals surface area contributed by atoms with Gasteiger partial charge in [-0.3, -0.25) is 14.4 Å². The number of hydrogen-bond donors (Lipinski definition) is 0. The molecular weight excluding hydrogens is 323 g/mol. The van der Waals surface area contributed by atoms with Crippen LogP contribution in [0.5, 0.6) is 0 Å². The number of ketones is 2. The van der Waals surface area contributed by atoms with Gasteiger partial charge < -0.3 is 4.74 Å². The predicted octanol–water partition coefficient (Wildman–Crippen LogP) is 3.35. The summed E-state index contributed by atoms with van der Waals surface area (Å²) in [5, 5.41) is 0.0188. The lowest BCUT2D eigenvalue weighted by Gasteiger charge is -2.21. The molecule has 1 aliphatic carbocycles. The minimum atomic E-state index is -0.679. The number of halogens is 2. The second kappa shape index (κ2) is 7.04. The molecule has 122 valence electrons. The number of hydrogen-bond acceptors (Lipinski definition) is 4. The molecule has 1 aromatic carbocycles. The minimum Gasteiger partial charge on any atom is -0.466 e. The second-order valence-electron chi connectivity index (χ2n) is 5.35. The van der Waals surface area contributed by atoms with E-state index in [4.69, 9.17) is 16.3 Å². The van der Waals surface area contributed by atoms with Crippen LogP contribution in [0.25, 0.3) is 0 Å². The Kier molecular flexibility index (Phi) is 5.31. The molecule has 6 heteroatoms. The first-order chi connectivity index (χ1) is 10.8. The molecule has 1 unspecified atom stereocenters. The Labute approximate surface area is 138 Å². The minimum absolute atomic E-state index is 0.0188. The second-order valence-corrected chi connectivity index (χ2v) is 5.81. The van der Waals surface area contributed by atoms with Crippen molar-refractivity contribution in [1.82, 2.24) is 0 Å². The number of carbonyl (C=O) groups is 3. The summed E-state index contributed by atoms with van der Waals surface area (Å²) in [6, 6.07) is 3.99. The van der Waals surface area contributed by atoms with Gasteiger partial charge in [0.2, 0.25) is 0 Å². The van der Waals surface area contributed by atoms with Crippen molar-refractivity contribution < 1.29 is 23.5 Å². The number of aryl methyl sites for hydroxylation is 1. The third-order valence-electron chi connectivity index (χ3n) is 3.69. The molecule has 1 aromatic rings. The first-order valence-corrected chi connectivity index (χ1v) is 7.62. The summed E-state index contributed by atoms with van der Waals surface area (Å²) < 4.78 is 18.5. The van der Waals surface area contributed by atoms with Crippen LogP contribution >= 0.6 is 11.6 Å². The van der Waals surface area contributed by atoms with Gasteiger partial charge in [-0.25, -0.2) is 4.39 Å². The third-order valence-corrected chi connectivity index (χ3v) is 4.03. The Morgan fingerprint density at radius 1 is 1.35 bits per heavy atom. The average Bonchev–Trinajstić information content (AvgIpc) is 2.49. The Hall–Kier alpha value is -2.01. The van der Waals surface area contributed by atoms with Crippen LogP contribution in [-0.2, 0) is 14.3 Å². The highest BCUT2D eigenvalue weighted by Crippen LogP contribution is 2.32. The van der Waals surface area contributed by atoms with Gasteiger partial charge >= 0.3 is 5.97 Å². The van der Waals surface area contributed by atoms with Crippen LogP contribution in [0, 0.1) is 18.7 Å². The molecule has 0 aromatic heterocycles. The molecule has 0 saturated heterocycles. The number of ether oxygens (including phenoxy) is 1. The van der Waals surface area contributed by atoms with Crippen molar-refractivity contribution in [3.63, 3.8) is 0 Å². The molecular formula is C17H16ClFO4. The summed E-state index contributed by atoms with van der Waals surface area (Å²) in [4.78, 5) is 36.4. The Morgan fingerprint density at radius 2 is 2.04 bits per heavy atom. The Balaban J connectivity index is 2.29. The van der Waals surface area contributed by atoms with Gasteiger partial charge in [0, 0.05) is 17.0 Å². The lowest BCUT2D eigenvalue weighted by atomic mass is 9.85. The van der Waals surface area contributed by atoms with Crippen LogP contribution in [0.1, 0.15) is 35.7 Å². The Morgan fingerprint density at radius 3 is 2.61 bits per heavy atom. The molecule has 1 atom stereocenters. The van der Waals surface area contributed by atoms with Crippen molar-refractivity contribution in [2.45, 2.75) is 26.7 Å². The highest BCUT2D eigenvalue weighted by Gasteiger charge is 2.35. The first kappa shape index (κ1) is 17.3. The molecule has 0 bridgehead atoms. The standard InChI is InChI=1S/C17H16ClFO4/c1-3-23-17(22)11-6-12(18)15(14(20)8-11)16(21)10-5-4-9(2)13(19)7-10/h4-5,7,11H,3,6,8H2,1-2H3. The van der Waals surface area contributed by atoms with E-state index in [9.17, 15) is 18.8 Å². The highest BCUT2D eigenvalue weighted by atomic mass is 35.5. The van der Waals surface area contributed by atoms with E-state index in [1.165, 1.54) is 12.1 Å². The van der Waals surface area contributed by atoms with Gasteiger partial charge in [-0.15, -0.1) is 0 Å². The van der Waals surface area contributed by atoms with Crippen LogP contribution in [0.4, 0.5) is 4.39 Å². The van der Waals surface area contributed by atoms with Crippen molar-refractivity contribution in [3.05, 3.63) is 45.7 Å². The van der Waals surface area contributed by atoms with E-state index < -0.39 is 29.3 Å². The van der Waals surface area contributed by atoms with Crippen molar-refractivity contribution >= 4 is 29.1 Å². The zero-order valence-corrected chi connectivity index (χ0v) is 13.6. The van der Waals surface area contributed by atoms with Crippen LogP contribution in [0.15, 0.2) is 28.8 Å². The maximum atomic E-state index is 13.6. The van der Waals surface area contributed by atoms with Gasteiger partial charge in [-0.05, 0) is 31.9 Å². The Bertz CT molecular complexity index is 709. The van der Waals surface area contributed by atoms with Crippen molar-refractivity contribution in [2.75, 3.05) is 6.61 Å². The fourth-order valence-corrected chi connectivity index (χ4v) is 2.80. The van der Waals surface area contributed by atoms with Gasteiger partial charge in [0.05, 0.1) is 18.1 Å². The fourth-order valence-electron chi connectivity index (χ4n) is 2.42. The van der Waals surface area contributed by atoms with Crippen LogP contribution in [-0.4, -0.2) is 24.1 Å². The molecule has 0 N–H and O–H groups in total. The van der Waals surface area contributed by atoms with Crippen molar-refractivity contribution in [3.8, 4) is 0 Å². The maximum absolute atomic E-state index is 13.6.